The van der Waals surface area contributed by atoms with Crippen LogP contribution in [0.3, 0.4) is 0 Å². The molecule has 0 aliphatic carbocycles. The van der Waals surface area contributed by atoms with Crippen molar-refractivity contribution in [2.75, 3.05) is 26.2 Å². The molecule has 3 aromatic rings. The fourth-order valence-electron chi connectivity index (χ4n) is 3.81. The predicted octanol–water partition coefficient (Wildman–Crippen LogP) is 4.20. The fraction of sp³-hybridized carbons (Fsp3) is 0.240. The molecule has 31 heavy (non-hydrogen) atoms. The van der Waals surface area contributed by atoms with Gasteiger partial charge in [-0.3, -0.25) is 4.79 Å². The van der Waals surface area contributed by atoms with E-state index in [2.05, 4.69) is 0 Å². The second kappa shape index (κ2) is 9.04. The van der Waals surface area contributed by atoms with Crippen molar-refractivity contribution < 1.29 is 13.2 Å². The number of amides is 1. The Hall–Kier alpha value is -2.96. The molecule has 0 radical (unpaired) electrons. The number of hydrogen-bond donors (Lipinski definition) is 0. The quantitative estimate of drug-likeness (QED) is 0.618. The molecule has 0 unspecified atom stereocenters. The number of nitrogens with zero attached hydrogens (tertiary/aromatic N) is 2. The van der Waals surface area contributed by atoms with Crippen molar-refractivity contribution in [1.82, 2.24) is 9.21 Å². The minimum atomic E-state index is -3.56. The minimum absolute atomic E-state index is 0.0609. The lowest BCUT2D eigenvalue weighted by Gasteiger charge is -2.22. The second-order valence-electron chi connectivity index (χ2n) is 7.81. The van der Waals surface area contributed by atoms with Gasteiger partial charge in [0.15, 0.2) is 0 Å². The summed E-state index contributed by atoms with van der Waals surface area (Å²) in [4.78, 5) is 15.1. The van der Waals surface area contributed by atoms with Crippen LogP contribution in [-0.4, -0.2) is 49.7 Å². The molecule has 1 aliphatic heterocycles. The van der Waals surface area contributed by atoms with Crippen LogP contribution in [0.1, 0.15) is 22.3 Å². The molecule has 0 atom stereocenters. The Kier molecular flexibility index (Phi) is 6.20. The molecular formula is C25H26N2O3S. The van der Waals surface area contributed by atoms with E-state index in [4.69, 9.17) is 0 Å². The predicted molar refractivity (Wildman–Crippen MR) is 122 cm³/mol. The van der Waals surface area contributed by atoms with Gasteiger partial charge in [-0.1, -0.05) is 60.2 Å². The summed E-state index contributed by atoms with van der Waals surface area (Å²) in [5.74, 6) is -0.0609. The number of rotatable bonds is 4. The van der Waals surface area contributed by atoms with Crippen molar-refractivity contribution in [2.24, 2.45) is 0 Å². The number of benzene rings is 3. The third-order valence-electron chi connectivity index (χ3n) is 5.64. The van der Waals surface area contributed by atoms with Crippen LogP contribution in [-0.2, 0) is 10.0 Å². The lowest BCUT2D eigenvalue weighted by molar-refractivity contribution is 0.0764. The van der Waals surface area contributed by atoms with Crippen LogP contribution in [0, 0.1) is 6.92 Å². The maximum Gasteiger partial charge on any atom is 0.253 e. The summed E-state index contributed by atoms with van der Waals surface area (Å²) in [7, 11) is -3.56. The van der Waals surface area contributed by atoms with Gasteiger partial charge in [-0.25, -0.2) is 8.42 Å². The van der Waals surface area contributed by atoms with Gasteiger partial charge in [-0.2, -0.15) is 4.31 Å². The van der Waals surface area contributed by atoms with Crippen molar-refractivity contribution in [2.45, 2.75) is 18.2 Å². The summed E-state index contributed by atoms with van der Waals surface area (Å²) >= 11 is 0. The Morgan fingerprint density at radius 2 is 1.39 bits per heavy atom. The normalized spacial score (nSPS) is 15.5. The molecule has 3 aromatic carbocycles. The van der Waals surface area contributed by atoms with E-state index in [1.807, 2.05) is 61.5 Å². The van der Waals surface area contributed by atoms with E-state index in [0.29, 0.717) is 43.1 Å². The molecule has 1 fully saturated rings. The van der Waals surface area contributed by atoms with E-state index >= 15 is 0 Å². The number of aryl methyl sites for hydroxylation is 1. The molecule has 1 heterocycles. The first-order chi connectivity index (χ1) is 14.9. The van der Waals surface area contributed by atoms with Crippen LogP contribution < -0.4 is 0 Å². The molecule has 1 saturated heterocycles. The zero-order chi connectivity index (χ0) is 21.8. The molecule has 1 aliphatic rings. The summed E-state index contributed by atoms with van der Waals surface area (Å²) in [6.07, 6.45) is 0.610. The fourth-order valence-corrected chi connectivity index (χ4v) is 5.28. The van der Waals surface area contributed by atoms with E-state index in [1.54, 1.807) is 29.2 Å². The third kappa shape index (κ3) is 4.70. The van der Waals surface area contributed by atoms with Crippen molar-refractivity contribution in [3.8, 4) is 11.1 Å². The molecular weight excluding hydrogens is 408 g/mol. The van der Waals surface area contributed by atoms with Gasteiger partial charge < -0.3 is 4.90 Å². The Morgan fingerprint density at radius 3 is 2.06 bits per heavy atom. The SMILES string of the molecule is Cc1ccc(S(=O)(=O)N2CCCN(C(=O)c3ccc(-c4ccccc4)cc3)CC2)cc1. The maximum absolute atomic E-state index is 13.0. The molecule has 0 bridgehead atoms. The van der Waals surface area contributed by atoms with Crippen molar-refractivity contribution in [3.05, 3.63) is 90.0 Å². The van der Waals surface area contributed by atoms with Crippen LogP contribution in [0.5, 0.6) is 0 Å². The molecule has 160 valence electrons. The van der Waals surface area contributed by atoms with Gasteiger partial charge in [0.2, 0.25) is 10.0 Å². The Balaban J connectivity index is 1.45. The lowest BCUT2D eigenvalue weighted by Crippen LogP contribution is -2.37. The average molecular weight is 435 g/mol. The zero-order valence-electron chi connectivity index (χ0n) is 17.6. The van der Waals surface area contributed by atoms with Crippen molar-refractivity contribution in [1.29, 1.82) is 0 Å². The summed E-state index contributed by atoms with van der Waals surface area (Å²) in [6.45, 7) is 3.55. The topological polar surface area (TPSA) is 57.7 Å². The van der Waals surface area contributed by atoms with Crippen LogP contribution in [0.4, 0.5) is 0 Å². The highest BCUT2D eigenvalue weighted by Crippen LogP contribution is 2.21. The van der Waals surface area contributed by atoms with Crippen molar-refractivity contribution >= 4 is 15.9 Å². The van der Waals surface area contributed by atoms with Gasteiger partial charge in [0.25, 0.3) is 5.91 Å². The standard InChI is InChI=1S/C25H26N2O3S/c1-20-8-14-24(15-9-20)31(29,30)27-17-5-16-26(18-19-27)25(28)23-12-10-22(11-13-23)21-6-3-2-4-7-21/h2-4,6-15H,5,16-19H2,1H3. The Labute approximate surface area is 184 Å². The van der Waals surface area contributed by atoms with Gasteiger partial charge in [-0.15, -0.1) is 0 Å². The number of carbonyl (C=O) groups excluding carboxylic acids is 1. The van der Waals surface area contributed by atoms with E-state index in [-0.39, 0.29) is 5.91 Å². The summed E-state index contributed by atoms with van der Waals surface area (Å²) in [6, 6.07) is 24.5. The molecule has 5 nitrogen and oxygen atoms in total. The molecule has 0 saturated carbocycles. The molecule has 4 rings (SSSR count). The van der Waals surface area contributed by atoms with E-state index in [9.17, 15) is 13.2 Å². The minimum Gasteiger partial charge on any atom is -0.337 e. The van der Waals surface area contributed by atoms with E-state index in [0.717, 1.165) is 16.7 Å². The second-order valence-corrected chi connectivity index (χ2v) is 9.74. The zero-order valence-corrected chi connectivity index (χ0v) is 18.4. The monoisotopic (exact) mass is 434 g/mol. The maximum atomic E-state index is 13.0. The summed E-state index contributed by atoms with van der Waals surface area (Å²) in [5, 5.41) is 0. The summed E-state index contributed by atoms with van der Waals surface area (Å²) < 4.78 is 27.5. The molecule has 1 amide bonds. The third-order valence-corrected chi connectivity index (χ3v) is 7.55. The highest BCUT2D eigenvalue weighted by Gasteiger charge is 2.28. The number of sulfonamides is 1. The van der Waals surface area contributed by atoms with Gasteiger partial charge in [0.1, 0.15) is 0 Å². The van der Waals surface area contributed by atoms with E-state index in [1.165, 1.54) is 4.31 Å². The smallest absolute Gasteiger partial charge is 0.253 e. The molecule has 6 heteroatoms. The highest BCUT2D eigenvalue weighted by atomic mass is 32.2. The number of carbonyl (C=O) groups is 1. The highest BCUT2D eigenvalue weighted by molar-refractivity contribution is 7.89. The van der Waals surface area contributed by atoms with Crippen LogP contribution in [0.25, 0.3) is 11.1 Å². The first-order valence-corrected chi connectivity index (χ1v) is 11.9. The molecule has 0 N–H and O–H groups in total. The largest absolute Gasteiger partial charge is 0.337 e. The summed E-state index contributed by atoms with van der Waals surface area (Å²) in [5.41, 5.74) is 3.80. The number of hydrogen-bond acceptors (Lipinski definition) is 3. The molecule has 0 aromatic heterocycles. The first-order valence-electron chi connectivity index (χ1n) is 10.5. The lowest BCUT2D eigenvalue weighted by atomic mass is 10.0. The van der Waals surface area contributed by atoms with Crippen LogP contribution in [0.15, 0.2) is 83.8 Å². The van der Waals surface area contributed by atoms with Gasteiger partial charge in [0.05, 0.1) is 4.90 Å². The van der Waals surface area contributed by atoms with Gasteiger partial charge >= 0.3 is 0 Å². The van der Waals surface area contributed by atoms with Gasteiger partial charge in [0, 0.05) is 31.7 Å². The molecule has 0 spiro atoms. The Morgan fingerprint density at radius 1 is 0.742 bits per heavy atom. The van der Waals surface area contributed by atoms with Crippen molar-refractivity contribution in [3.63, 3.8) is 0 Å². The average Bonchev–Trinajstić information content (AvgIpc) is 3.07. The van der Waals surface area contributed by atoms with Crippen LogP contribution >= 0.6 is 0 Å². The first kappa shape index (κ1) is 21.3. The van der Waals surface area contributed by atoms with E-state index < -0.39 is 10.0 Å². The Bertz CT molecular complexity index is 1140. The van der Waals surface area contributed by atoms with Crippen LogP contribution in [0.2, 0.25) is 0 Å². The van der Waals surface area contributed by atoms with Gasteiger partial charge in [-0.05, 0) is 48.7 Å².